The zero-order valence-corrected chi connectivity index (χ0v) is 41.6. The number of rotatable bonds is 37. The van der Waals surface area contributed by atoms with Crippen LogP contribution in [0.2, 0.25) is 0 Å². The van der Waals surface area contributed by atoms with E-state index >= 15 is 0 Å². The van der Waals surface area contributed by atoms with Crippen LogP contribution < -0.4 is 5.32 Å². The SMILES string of the molecule is CCCCCCCCCCCCCC[C@@H](OCc1ccccc1)[C@@H](OCc1ccccc1)[C@H](CO[C@H]1OC(COCc2ccccc2)[C@H](C)[C@H](C)C1C)NC(=O)CCCCCCCCC. The molecule has 2 unspecified atom stereocenters. The van der Waals surface area contributed by atoms with Crippen LogP contribution >= 0.6 is 0 Å². The van der Waals surface area contributed by atoms with E-state index in [4.69, 9.17) is 23.7 Å². The van der Waals surface area contributed by atoms with Gasteiger partial charge in [-0.2, -0.15) is 0 Å². The summed E-state index contributed by atoms with van der Waals surface area (Å²) in [6.07, 6.45) is 23.7. The first kappa shape index (κ1) is 54.5. The van der Waals surface area contributed by atoms with E-state index in [1.807, 2.05) is 30.3 Å². The molecule has 8 atom stereocenters. The number of ether oxygens (including phenoxy) is 5. The summed E-state index contributed by atoms with van der Waals surface area (Å²) >= 11 is 0. The molecule has 1 heterocycles. The summed E-state index contributed by atoms with van der Waals surface area (Å²) in [4.78, 5) is 14.0. The second kappa shape index (κ2) is 34.3. The quantitative estimate of drug-likeness (QED) is 0.0581. The molecule has 1 aliphatic rings. The van der Waals surface area contributed by atoms with Gasteiger partial charge in [0.15, 0.2) is 6.29 Å². The average Bonchev–Trinajstić information content (AvgIpc) is 3.33. The van der Waals surface area contributed by atoms with E-state index in [0.717, 1.165) is 48.8 Å². The molecule has 1 N–H and O–H groups in total. The molecule has 364 valence electrons. The first-order valence-corrected chi connectivity index (χ1v) is 26.4. The van der Waals surface area contributed by atoms with Crippen LogP contribution in [-0.4, -0.2) is 49.8 Å². The Morgan fingerprint density at radius 3 is 1.54 bits per heavy atom. The van der Waals surface area contributed by atoms with Crippen molar-refractivity contribution in [3.63, 3.8) is 0 Å². The molecule has 3 aromatic rings. The first-order valence-electron chi connectivity index (χ1n) is 26.4. The molecule has 4 rings (SSSR count). The fraction of sp³-hybridized carbons (Fsp3) is 0.672. The zero-order chi connectivity index (χ0) is 46.2. The minimum absolute atomic E-state index is 0.0411. The minimum Gasteiger partial charge on any atom is -0.374 e. The van der Waals surface area contributed by atoms with Crippen LogP contribution in [0, 0.1) is 17.8 Å². The molecule has 0 spiro atoms. The largest absolute Gasteiger partial charge is 0.374 e. The number of amides is 1. The Labute approximate surface area is 396 Å². The lowest BCUT2D eigenvalue weighted by Crippen LogP contribution is -2.54. The van der Waals surface area contributed by atoms with Gasteiger partial charge in [-0.15, -0.1) is 0 Å². The van der Waals surface area contributed by atoms with Crippen molar-refractivity contribution in [1.29, 1.82) is 0 Å². The molecule has 7 nitrogen and oxygen atoms in total. The average molecular weight is 898 g/mol. The van der Waals surface area contributed by atoms with E-state index in [1.165, 1.54) is 96.3 Å². The molecule has 1 fully saturated rings. The van der Waals surface area contributed by atoms with Crippen LogP contribution in [0.4, 0.5) is 0 Å². The monoisotopic (exact) mass is 898 g/mol. The Balaban J connectivity index is 1.51. The van der Waals surface area contributed by atoms with Gasteiger partial charge in [0.25, 0.3) is 0 Å². The second-order valence-electron chi connectivity index (χ2n) is 19.3. The van der Waals surface area contributed by atoms with E-state index in [0.29, 0.717) is 44.7 Å². The van der Waals surface area contributed by atoms with Gasteiger partial charge < -0.3 is 29.0 Å². The van der Waals surface area contributed by atoms with Gasteiger partial charge >= 0.3 is 0 Å². The molecule has 1 saturated heterocycles. The van der Waals surface area contributed by atoms with Gasteiger partial charge in [-0.3, -0.25) is 4.79 Å². The fourth-order valence-corrected chi connectivity index (χ4v) is 9.23. The Morgan fingerprint density at radius 2 is 1.02 bits per heavy atom. The number of carbonyl (C=O) groups is 1. The standard InChI is InChI=1S/C58H91NO6/c1-6-8-10-12-14-15-16-17-18-20-21-32-40-54(62-43-51-36-28-24-29-37-51)57(63-44-52-38-30-25-31-39-52)53(59-56(60)41-33-22-19-13-11-9-7-2)45-64-58-49(5)47(3)48(4)55(65-58)46-61-42-50-34-26-23-27-35-50/h23-31,34-39,47-49,53-55,57-58H,6-22,32-33,40-46H2,1-5H3,(H,59,60)/t47-,48+,49?,53-,54+,55?,57-,58-/m0/s1. The van der Waals surface area contributed by atoms with Crippen molar-refractivity contribution in [1.82, 2.24) is 5.32 Å². The highest BCUT2D eigenvalue weighted by Crippen LogP contribution is 2.36. The van der Waals surface area contributed by atoms with Crippen LogP contribution in [0.15, 0.2) is 91.0 Å². The molecule has 7 heteroatoms. The third-order valence-electron chi connectivity index (χ3n) is 13.9. The van der Waals surface area contributed by atoms with E-state index < -0.39 is 18.4 Å². The van der Waals surface area contributed by atoms with E-state index in [1.54, 1.807) is 0 Å². The van der Waals surface area contributed by atoms with Gasteiger partial charge in [-0.05, 0) is 41.4 Å². The summed E-state index contributed by atoms with van der Waals surface area (Å²) in [6.45, 7) is 13.5. The van der Waals surface area contributed by atoms with Gasteiger partial charge in [0.1, 0.15) is 6.10 Å². The van der Waals surface area contributed by atoms with Crippen molar-refractivity contribution in [3.05, 3.63) is 108 Å². The third-order valence-corrected chi connectivity index (χ3v) is 13.9. The molecule has 0 saturated carbocycles. The molecular weight excluding hydrogens is 807 g/mol. The van der Waals surface area contributed by atoms with Crippen molar-refractivity contribution in [2.75, 3.05) is 13.2 Å². The molecule has 3 aromatic carbocycles. The van der Waals surface area contributed by atoms with Crippen molar-refractivity contribution < 1.29 is 28.5 Å². The minimum atomic E-state index is -0.455. The predicted molar refractivity (Wildman–Crippen MR) is 268 cm³/mol. The highest BCUT2D eigenvalue weighted by atomic mass is 16.7. The number of unbranched alkanes of at least 4 members (excludes halogenated alkanes) is 17. The number of carbonyl (C=O) groups excluding carboxylic acids is 1. The summed E-state index contributed by atoms with van der Waals surface area (Å²) in [5.74, 6) is 0.836. The molecule has 1 aliphatic heterocycles. The van der Waals surface area contributed by atoms with Crippen molar-refractivity contribution in [2.24, 2.45) is 17.8 Å². The van der Waals surface area contributed by atoms with Crippen LogP contribution in [0.1, 0.15) is 186 Å². The summed E-state index contributed by atoms with van der Waals surface area (Å²) < 4.78 is 33.9. The maximum Gasteiger partial charge on any atom is 0.220 e. The number of benzene rings is 3. The molecule has 0 bridgehead atoms. The summed E-state index contributed by atoms with van der Waals surface area (Å²) in [5, 5.41) is 3.48. The van der Waals surface area contributed by atoms with Crippen LogP contribution in [0.5, 0.6) is 0 Å². The van der Waals surface area contributed by atoms with Crippen LogP contribution in [-0.2, 0) is 48.3 Å². The Hall–Kier alpha value is -3.07. The van der Waals surface area contributed by atoms with Gasteiger partial charge in [0.2, 0.25) is 5.91 Å². The Kier molecular flexibility index (Phi) is 28.7. The second-order valence-corrected chi connectivity index (χ2v) is 19.3. The number of nitrogens with one attached hydrogen (secondary N) is 1. The molecular formula is C58H91NO6. The summed E-state index contributed by atoms with van der Waals surface area (Å²) in [5.41, 5.74) is 3.36. The molecule has 0 radical (unpaired) electrons. The lowest BCUT2D eigenvalue weighted by atomic mass is 9.79. The molecule has 0 aromatic heterocycles. The third kappa shape index (κ3) is 22.5. The van der Waals surface area contributed by atoms with Crippen LogP contribution in [0.25, 0.3) is 0 Å². The lowest BCUT2D eigenvalue weighted by molar-refractivity contribution is -0.262. The summed E-state index contributed by atoms with van der Waals surface area (Å²) in [6, 6.07) is 30.6. The van der Waals surface area contributed by atoms with Crippen molar-refractivity contribution in [3.8, 4) is 0 Å². The molecule has 1 amide bonds. The van der Waals surface area contributed by atoms with Gasteiger partial charge in [-0.25, -0.2) is 0 Å². The van der Waals surface area contributed by atoms with Crippen molar-refractivity contribution in [2.45, 2.75) is 220 Å². The maximum atomic E-state index is 14.0. The van der Waals surface area contributed by atoms with Crippen LogP contribution in [0.3, 0.4) is 0 Å². The van der Waals surface area contributed by atoms with Gasteiger partial charge in [0.05, 0.1) is 51.3 Å². The van der Waals surface area contributed by atoms with Gasteiger partial charge in [-0.1, -0.05) is 241 Å². The fourth-order valence-electron chi connectivity index (χ4n) is 9.23. The topological polar surface area (TPSA) is 75.2 Å². The van der Waals surface area contributed by atoms with Crippen molar-refractivity contribution >= 4 is 5.91 Å². The van der Waals surface area contributed by atoms with E-state index in [-0.39, 0.29) is 30.6 Å². The number of hydrogen-bond acceptors (Lipinski definition) is 6. The zero-order valence-electron chi connectivity index (χ0n) is 41.6. The molecule has 0 aliphatic carbocycles. The van der Waals surface area contributed by atoms with Gasteiger partial charge in [0, 0.05) is 12.3 Å². The Bertz CT molecular complexity index is 1570. The predicted octanol–water partition coefficient (Wildman–Crippen LogP) is 14.7. The maximum absolute atomic E-state index is 14.0. The smallest absolute Gasteiger partial charge is 0.220 e. The highest BCUT2D eigenvalue weighted by Gasteiger charge is 2.41. The lowest BCUT2D eigenvalue weighted by Gasteiger charge is -2.44. The van der Waals surface area contributed by atoms with E-state index in [2.05, 4.69) is 101 Å². The molecule has 65 heavy (non-hydrogen) atoms. The normalized spacial score (nSPS) is 20.0. The first-order chi connectivity index (χ1) is 31.9. The van der Waals surface area contributed by atoms with E-state index in [9.17, 15) is 4.79 Å². The summed E-state index contributed by atoms with van der Waals surface area (Å²) in [7, 11) is 0. The Morgan fingerprint density at radius 1 is 0.554 bits per heavy atom. The number of hydrogen-bond donors (Lipinski definition) is 1. The highest BCUT2D eigenvalue weighted by molar-refractivity contribution is 5.76.